The Hall–Kier alpha value is -2.42. The molecule has 0 bridgehead atoms. The number of ether oxygens (including phenoxy) is 1. The smallest absolute Gasteiger partial charge is 0.200 e. The number of hydrogen-bond acceptors (Lipinski definition) is 1. The lowest BCUT2D eigenvalue weighted by atomic mass is 9.58. The van der Waals surface area contributed by atoms with Crippen LogP contribution in [0.15, 0.2) is 54.6 Å². The van der Waals surface area contributed by atoms with Gasteiger partial charge in [0.1, 0.15) is 6.61 Å². The number of rotatable bonds is 9. The maximum atomic E-state index is 14.4. The Labute approximate surface area is 234 Å². The van der Waals surface area contributed by atoms with Crippen LogP contribution in [0.2, 0.25) is 0 Å². The Morgan fingerprint density at radius 1 is 0.872 bits per heavy atom. The summed E-state index contributed by atoms with van der Waals surface area (Å²) in [7, 11) is 0. The molecular formula is C36H46F2O. The molecule has 39 heavy (non-hydrogen) atoms. The third-order valence-corrected chi connectivity index (χ3v) is 10.1. The molecule has 0 radical (unpaired) electrons. The number of halogens is 2. The lowest BCUT2D eigenvalue weighted by molar-refractivity contribution is 0.0563. The van der Waals surface area contributed by atoms with Gasteiger partial charge in [0.25, 0.3) is 0 Å². The zero-order chi connectivity index (χ0) is 27.4. The van der Waals surface area contributed by atoms with Gasteiger partial charge in [-0.2, -0.15) is 4.39 Å². The van der Waals surface area contributed by atoms with Crippen LogP contribution in [-0.4, -0.2) is 0 Å². The zero-order valence-corrected chi connectivity index (χ0v) is 24.2. The number of benzene rings is 2. The standard InChI is InChI=1S/C36H46F2O/c1-4-6-25-8-13-31-23-32(16-14-30(31)22-25)36(3)20-18-28(19-21-36)27-11-9-26(10-12-27)24-39-33-17-15-29(7-5-2)34(37)35(33)38/h9-12,15,17-20,25,30-32H,4-8,13-14,16,21-24H2,1-3H3. The molecule has 2 aromatic carbocycles. The van der Waals surface area contributed by atoms with Crippen LogP contribution in [0.5, 0.6) is 5.75 Å². The normalized spacial score (nSPS) is 28.6. The van der Waals surface area contributed by atoms with E-state index in [1.54, 1.807) is 6.07 Å². The Morgan fingerprint density at radius 3 is 2.36 bits per heavy atom. The molecule has 3 heteroatoms. The zero-order valence-electron chi connectivity index (χ0n) is 24.2. The van der Waals surface area contributed by atoms with Crippen LogP contribution >= 0.6 is 0 Å². The van der Waals surface area contributed by atoms with Crippen molar-refractivity contribution in [2.24, 2.45) is 29.1 Å². The number of fused-ring (bicyclic) bond motifs is 1. The third-order valence-electron chi connectivity index (χ3n) is 10.1. The molecule has 3 aliphatic carbocycles. The molecule has 1 nitrogen and oxygen atoms in total. The summed E-state index contributed by atoms with van der Waals surface area (Å²) in [6.07, 6.45) is 21.0. The average Bonchev–Trinajstić information content (AvgIpc) is 2.96. The third kappa shape index (κ3) is 6.34. The number of hydrogen-bond donors (Lipinski definition) is 0. The molecule has 2 fully saturated rings. The molecule has 0 heterocycles. The molecule has 0 amide bonds. The summed E-state index contributed by atoms with van der Waals surface area (Å²) in [6, 6.07) is 11.4. The maximum Gasteiger partial charge on any atom is 0.200 e. The molecule has 3 aliphatic rings. The minimum absolute atomic E-state index is 0.0309. The first-order chi connectivity index (χ1) is 18.9. The highest BCUT2D eigenvalue weighted by atomic mass is 19.2. The summed E-state index contributed by atoms with van der Waals surface area (Å²) in [4.78, 5) is 0. The lowest BCUT2D eigenvalue weighted by Gasteiger charge is -2.47. The van der Waals surface area contributed by atoms with E-state index in [2.05, 4.69) is 44.2 Å². The van der Waals surface area contributed by atoms with Gasteiger partial charge in [0.2, 0.25) is 5.82 Å². The van der Waals surface area contributed by atoms with Crippen molar-refractivity contribution in [1.82, 2.24) is 0 Å². The van der Waals surface area contributed by atoms with E-state index in [4.69, 9.17) is 4.74 Å². The van der Waals surface area contributed by atoms with Crippen molar-refractivity contribution in [3.63, 3.8) is 0 Å². The predicted molar refractivity (Wildman–Crippen MR) is 158 cm³/mol. The Kier molecular flexibility index (Phi) is 8.94. The topological polar surface area (TPSA) is 9.23 Å². The van der Waals surface area contributed by atoms with Gasteiger partial charge < -0.3 is 4.74 Å². The molecule has 0 spiro atoms. The summed E-state index contributed by atoms with van der Waals surface area (Å²) in [5, 5.41) is 0. The van der Waals surface area contributed by atoms with E-state index < -0.39 is 11.6 Å². The van der Waals surface area contributed by atoms with Gasteiger partial charge in [-0.1, -0.05) is 95.0 Å². The second-order valence-corrected chi connectivity index (χ2v) is 12.8. The Bertz CT molecular complexity index is 1180. The van der Waals surface area contributed by atoms with Crippen molar-refractivity contribution in [3.05, 3.63) is 83.0 Å². The molecule has 0 N–H and O–H groups in total. The predicted octanol–water partition coefficient (Wildman–Crippen LogP) is 10.5. The molecule has 210 valence electrons. The van der Waals surface area contributed by atoms with Gasteiger partial charge in [-0.25, -0.2) is 4.39 Å². The van der Waals surface area contributed by atoms with Crippen LogP contribution in [-0.2, 0) is 13.0 Å². The second kappa shape index (κ2) is 12.4. The minimum Gasteiger partial charge on any atom is -0.486 e. The van der Waals surface area contributed by atoms with Crippen molar-refractivity contribution in [3.8, 4) is 5.75 Å². The molecule has 2 aromatic rings. The summed E-state index contributed by atoms with van der Waals surface area (Å²) in [5.41, 5.74) is 4.06. The van der Waals surface area contributed by atoms with Crippen LogP contribution in [0.25, 0.3) is 5.57 Å². The van der Waals surface area contributed by atoms with Crippen molar-refractivity contribution >= 4 is 5.57 Å². The maximum absolute atomic E-state index is 14.4. The molecular weight excluding hydrogens is 486 g/mol. The minimum atomic E-state index is -0.893. The van der Waals surface area contributed by atoms with Crippen LogP contribution in [0.3, 0.4) is 0 Å². The van der Waals surface area contributed by atoms with E-state index in [0.29, 0.717) is 12.0 Å². The summed E-state index contributed by atoms with van der Waals surface area (Å²) in [6.45, 7) is 6.97. The van der Waals surface area contributed by atoms with Crippen molar-refractivity contribution in [2.45, 2.75) is 98.0 Å². The molecule has 5 unspecified atom stereocenters. The fourth-order valence-corrected chi connectivity index (χ4v) is 7.62. The van der Waals surface area contributed by atoms with Gasteiger partial charge in [-0.05, 0) is 102 Å². The first kappa shape index (κ1) is 28.1. The van der Waals surface area contributed by atoms with Gasteiger partial charge in [0.05, 0.1) is 0 Å². The van der Waals surface area contributed by atoms with E-state index in [1.165, 1.54) is 68.6 Å². The highest BCUT2D eigenvalue weighted by Crippen LogP contribution is 2.52. The summed E-state index contributed by atoms with van der Waals surface area (Å²) >= 11 is 0. The monoisotopic (exact) mass is 532 g/mol. The summed E-state index contributed by atoms with van der Waals surface area (Å²) in [5.74, 6) is 1.99. The average molecular weight is 533 g/mol. The summed E-state index contributed by atoms with van der Waals surface area (Å²) < 4.78 is 34.3. The first-order valence-corrected chi connectivity index (χ1v) is 15.5. The fourth-order valence-electron chi connectivity index (χ4n) is 7.62. The molecule has 5 rings (SSSR count). The molecule has 0 saturated heterocycles. The quantitative estimate of drug-likeness (QED) is 0.312. The number of allylic oxidation sites excluding steroid dienone is 4. The van der Waals surface area contributed by atoms with E-state index >= 15 is 0 Å². The van der Waals surface area contributed by atoms with Crippen molar-refractivity contribution < 1.29 is 13.5 Å². The van der Waals surface area contributed by atoms with Gasteiger partial charge >= 0.3 is 0 Å². The van der Waals surface area contributed by atoms with E-state index in [9.17, 15) is 8.78 Å². The van der Waals surface area contributed by atoms with Crippen LogP contribution in [0.4, 0.5) is 8.78 Å². The van der Waals surface area contributed by atoms with E-state index in [0.717, 1.165) is 42.1 Å². The van der Waals surface area contributed by atoms with Crippen molar-refractivity contribution in [2.75, 3.05) is 0 Å². The van der Waals surface area contributed by atoms with Gasteiger partial charge in [-0.15, -0.1) is 0 Å². The highest BCUT2D eigenvalue weighted by molar-refractivity contribution is 5.75. The van der Waals surface area contributed by atoms with Gasteiger partial charge in [0, 0.05) is 0 Å². The molecule has 5 atom stereocenters. The van der Waals surface area contributed by atoms with E-state index in [-0.39, 0.29) is 17.8 Å². The Morgan fingerprint density at radius 2 is 1.64 bits per heavy atom. The molecule has 2 saturated carbocycles. The lowest BCUT2D eigenvalue weighted by Crippen LogP contribution is -2.37. The number of aryl methyl sites for hydroxylation is 1. The van der Waals surface area contributed by atoms with Crippen LogP contribution in [0.1, 0.15) is 102 Å². The molecule has 0 aliphatic heterocycles. The molecule has 0 aromatic heterocycles. The first-order valence-electron chi connectivity index (χ1n) is 15.5. The van der Waals surface area contributed by atoms with Crippen molar-refractivity contribution in [1.29, 1.82) is 0 Å². The van der Waals surface area contributed by atoms with Crippen LogP contribution < -0.4 is 4.74 Å². The Balaban J connectivity index is 1.15. The SMILES string of the molecule is CCCc1ccc(OCc2ccc(C3=CCC(C)(C4CCC5CC(CCC)CCC5C4)C=C3)cc2)c(F)c1F. The fraction of sp³-hybridized carbons (Fsp3) is 0.556. The second-order valence-electron chi connectivity index (χ2n) is 12.8. The van der Waals surface area contributed by atoms with Gasteiger partial charge in [0.15, 0.2) is 11.6 Å². The highest BCUT2D eigenvalue weighted by Gasteiger charge is 2.41. The largest absolute Gasteiger partial charge is 0.486 e. The van der Waals surface area contributed by atoms with Gasteiger partial charge in [-0.3, -0.25) is 0 Å². The van der Waals surface area contributed by atoms with Crippen LogP contribution in [0, 0.1) is 40.7 Å². The van der Waals surface area contributed by atoms with E-state index in [1.807, 2.05) is 19.1 Å².